The van der Waals surface area contributed by atoms with Crippen molar-refractivity contribution in [3.63, 3.8) is 0 Å². The molecule has 2 heterocycles. The molecule has 1 aliphatic rings. The Kier molecular flexibility index (Phi) is 6.41. The quantitative estimate of drug-likeness (QED) is 0.488. The van der Waals surface area contributed by atoms with Crippen molar-refractivity contribution in [1.29, 1.82) is 0 Å². The number of carbonyl (C=O) groups is 1. The second kappa shape index (κ2) is 9.06. The van der Waals surface area contributed by atoms with Crippen LogP contribution in [0.25, 0.3) is 0 Å². The molecule has 1 aromatic heterocycles. The van der Waals surface area contributed by atoms with E-state index in [1.54, 1.807) is 29.2 Å². The summed E-state index contributed by atoms with van der Waals surface area (Å²) >= 11 is 9.24. The van der Waals surface area contributed by atoms with Gasteiger partial charge in [0.2, 0.25) is 0 Å². The maximum absolute atomic E-state index is 12.8. The molecule has 1 fully saturated rings. The Morgan fingerprint density at radius 3 is 2.23 bits per heavy atom. The van der Waals surface area contributed by atoms with Crippen molar-refractivity contribution >= 4 is 49.0 Å². The largest absolute Gasteiger partial charge is 0.455 e. The highest BCUT2D eigenvalue weighted by atomic mass is 79.9. The highest BCUT2D eigenvalue weighted by Gasteiger charge is 2.25. The van der Waals surface area contributed by atoms with Crippen molar-refractivity contribution < 1.29 is 17.6 Å². The highest BCUT2D eigenvalue weighted by Crippen LogP contribution is 2.23. The lowest BCUT2D eigenvalue weighted by molar-refractivity contribution is 0.0713. The van der Waals surface area contributed by atoms with Gasteiger partial charge in [0.1, 0.15) is 11.5 Å². The van der Waals surface area contributed by atoms with E-state index >= 15 is 0 Å². The van der Waals surface area contributed by atoms with Crippen molar-refractivity contribution in [3.8, 4) is 0 Å². The van der Waals surface area contributed by atoms with Gasteiger partial charge >= 0.3 is 0 Å². The van der Waals surface area contributed by atoms with E-state index < -0.39 is 9.84 Å². The van der Waals surface area contributed by atoms with Gasteiger partial charge in [0.05, 0.1) is 4.90 Å². The van der Waals surface area contributed by atoms with E-state index in [1.165, 1.54) is 12.1 Å². The maximum Gasteiger partial charge on any atom is 0.289 e. The van der Waals surface area contributed by atoms with E-state index in [9.17, 15) is 13.2 Å². The van der Waals surface area contributed by atoms with Gasteiger partial charge in [-0.25, -0.2) is 8.42 Å². The molecule has 6 nitrogen and oxygen atoms in total. The van der Waals surface area contributed by atoms with Crippen LogP contribution in [0.1, 0.15) is 16.3 Å². The number of hydrogen-bond donors (Lipinski definition) is 0. The van der Waals surface area contributed by atoms with E-state index in [2.05, 4.69) is 20.8 Å². The molecule has 1 amide bonds. The topological polar surface area (TPSA) is 70.8 Å². The van der Waals surface area contributed by atoms with Crippen LogP contribution in [-0.2, 0) is 15.6 Å². The van der Waals surface area contributed by atoms with Gasteiger partial charge in [-0.3, -0.25) is 4.79 Å². The third-order valence-corrected chi connectivity index (χ3v) is 7.57. The second-order valence-electron chi connectivity index (χ2n) is 7.23. The SMILES string of the molecule is O=C(c1ccc(CS(=O)(=O)c2ccc(Br)cc2)o1)N1CCN(c2ccc(Cl)cc2)CC1. The summed E-state index contributed by atoms with van der Waals surface area (Å²) in [7, 11) is -3.56. The molecule has 0 saturated carbocycles. The zero-order valence-electron chi connectivity index (χ0n) is 16.5. The number of halogens is 2. The Hall–Kier alpha value is -2.29. The summed E-state index contributed by atoms with van der Waals surface area (Å²) in [5.41, 5.74) is 1.06. The first-order valence-electron chi connectivity index (χ1n) is 9.69. The molecule has 0 spiro atoms. The van der Waals surface area contributed by atoms with Gasteiger partial charge in [-0.1, -0.05) is 27.5 Å². The first-order chi connectivity index (χ1) is 14.8. The number of carbonyl (C=O) groups excluding carboxylic acids is 1. The Bertz CT molecular complexity index is 1170. The molecule has 0 atom stereocenters. The average molecular weight is 524 g/mol. The standard InChI is InChI=1S/C22H20BrClN2O4S/c23-16-1-8-20(9-2-16)31(28,29)15-19-7-10-21(30-19)22(27)26-13-11-25(12-14-26)18-5-3-17(24)4-6-18/h1-10H,11-15H2. The Morgan fingerprint density at radius 1 is 0.935 bits per heavy atom. The van der Waals surface area contributed by atoms with Gasteiger partial charge in [0.25, 0.3) is 5.91 Å². The molecule has 9 heteroatoms. The van der Waals surface area contributed by atoms with E-state index in [4.69, 9.17) is 16.0 Å². The van der Waals surface area contributed by atoms with Gasteiger partial charge in [-0.2, -0.15) is 0 Å². The minimum atomic E-state index is -3.56. The van der Waals surface area contributed by atoms with Crippen LogP contribution in [0, 0.1) is 0 Å². The summed E-state index contributed by atoms with van der Waals surface area (Å²) in [5.74, 6) is -0.137. The number of nitrogens with zero attached hydrogens (tertiary/aromatic N) is 2. The molecule has 3 aromatic rings. The van der Waals surface area contributed by atoms with Crippen LogP contribution in [0.15, 0.2) is 74.4 Å². The molecule has 0 N–H and O–H groups in total. The van der Waals surface area contributed by atoms with E-state index in [0.717, 1.165) is 10.2 Å². The summed E-state index contributed by atoms with van der Waals surface area (Å²) in [5, 5.41) is 0.688. The van der Waals surface area contributed by atoms with Crippen LogP contribution < -0.4 is 4.90 Å². The van der Waals surface area contributed by atoms with Crippen molar-refractivity contribution in [3.05, 3.63) is 81.7 Å². The average Bonchev–Trinajstić information content (AvgIpc) is 3.22. The number of hydrogen-bond acceptors (Lipinski definition) is 5. The zero-order chi connectivity index (χ0) is 22.0. The van der Waals surface area contributed by atoms with E-state index in [1.807, 2.05) is 24.3 Å². The van der Waals surface area contributed by atoms with E-state index in [0.29, 0.717) is 31.2 Å². The molecule has 0 radical (unpaired) electrons. The summed E-state index contributed by atoms with van der Waals surface area (Å²) < 4.78 is 31.6. The van der Waals surface area contributed by atoms with Crippen LogP contribution in [-0.4, -0.2) is 45.4 Å². The first kappa shape index (κ1) is 21.9. The first-order valence-corrected chi connectivity index (χ1v) is 12.5. The zero-order valence-corrected chi connectivity index (χ0v) is 19.7. The molecule has 31 heavy (non-hydrogen) atoms. The molecule has 1 aliphatic heterocycles. The predicted molar refractivity (Wildman–Crippen MR) is 123 cm³/mol. The molecule has 1 saturated heterocycles. The minimum absolute atomic E-state index is 0.154. The van der Waals surface area contributed by atoms with Crippen molar-refractivity contribution in [2.75, 3.05) is 31.1 Å². The Labute approximate surface area is 194 Å². The van der Waals surface area contributed by atoms with Gasteiger partial charge in [-0.05, 0) is 60.7 Å². The van der Waals surface area contributed by atoms with E-state index in [-0.39, 0.29) is 28.1 Å². The number of piperazine rings is 1. The number of amides is 1. The normalized spacial score (nSPS) is 14.6. The van der Waals surface area contributed by atoms with Crippen molar-refractivity contribution in [2.45, 2.75) is 10.6 Å². The Morgan fingerprint density at radius 2 is 1.58 bits per heavy atom. The second-order valence-corrected chi connectivity index (χ2v) is 10.6. The lowest BCUT2D eigenvalue weighted by Crippen LogP contribution is -2.48. The fraction of sp³-hybridized carbons (Fsp3) is 0.227. The molecule has 0 unspecified atom stereocenters. The number of anilines is 1. The maximum atomic E-state index is 12.8. The van der Waals surface area contributed by atoms with Gasteiger partial charge in [-0.15, -0.1) is 0 Å². The highest BCUT2D eigenvalue weighted by molar-refractivity contribution is 9.10. The summed E-state index contributed by atoms with van der Waals surface area (Å²) in [6.07, 6.45) is 0. The fourth-order valence-electron chi connectivity index (χ4n) is 3.46. The molecule has 162 valence electrons. The molecular formula is C22H20BrClN2O4S. The van der Waals surface area contributed by atoms with Gasteiger partial charge in [0, 0.05) is 41.4 Å². The number of furan rings is 1. The summed E-state index contributed by atoms with van der Waals surface area (Å²) in [6.45, 7) is 2.49. The monoisotopic (exact) mass is 522 g/mol. The lowest BCUT2D eigenvalue weighted by Gasteiger charge is -2.35. The lowest BCUT2D eigenvalue weighted by atomic mass is 10.2. The number of benzene rings is 2. The number of rotatable bonds is 5. The smallest absolute Gasteiger partial charge is 0.289 e. The molecular weight excluding hydrogens is 504 g/mol. The minimum Gasteiger partial charge on any atom is -0.455 e. The number of sulfone groups is 1. The van der Waals surface area contributed by atoms with Crippen molar-refractivity contribution in [1.82, 2.24) is 4.90 Å². The predicted octanol–water partition coefficient (Wildman–Crippen LogP) is 4.63. The van der Waals surface area contributed by atoms with Crippen molar-refractivity contribution in [2.24, 2.45) is 0 Å². The van der Waals surface area contributed by atoms with Crippen LogP contribution in [0.4, 0.5) is 5.69 Å². The molecule has 4 rings (SSSR count). The van der Waals surface area contributed by atoms with Gasteiger partial charge in [0.15, 0.2) is 15.6 Å². The van der Waals surface area contributed by atoms with Crippen LogP contribution in [0.5, 0.6) is 0 Å². The molecule has 0 bridgehead atoms. The van der Waals surface area contributed by atoms with Gasteiger partial charge < -0.3 is 14.2 Å². The Balaban J connectivity index is 1.38. The van der Waals surface area contributed by atoms with Crippen LogP contribution in [0.3, 0.4) is 0 Å². The third-order valence-electron chi connectivity index (χ3n) is 5.14. The van der Waals surface area contributed by atoms with Crippen LogP contribution in [0.2, 0.25) is 5.02 Å². The molecule has 0 aliphatic carbocycles. The molecule has 2 aromatic carbocycles. The third kappa shape index (κ3) is 5.14. The fourth-order valence-corrected chi connectivity index (χ4v) is 5.10. The summed E-state index contributed by atoms with van der Waals surface area (Å²) in [4.78, 5) is 16.9. The summed E-state index contributed by atoms with van der Waals surface area (Å²) in [6, 6.07) is 17.1. The van der Waals surface area contributed by atoms with Crippen LogP contribution >= 0.6 is 27.5 Å².